The summed E-state index contributed by atoms with van der Waals surface area (Å²) < 4.78 is 7.35. The summed E-state index contributed by atoms with van der Waals surface area (Å²) >= 11 is 0. The summed E-state index contributed by atoms with van der Waals surface area (Å²) in [4.78, 5) is 15.1. The quantitative estimate of drug-likeness (QED) is 0.787. The molecule has 2 aromatic rings. The Balaban J connectivity index is 1.94. The lowest BCUT2D eigenvalue weighted by atomic mass is 10.1. The average molecular weight is 257 g/mol. The summed E-state index contributed by atoms with van der Waals surface area (Å²) in [5.41, 5.74) is 3.33. The number of hydrogen-bond donors (Lipinski definition) is 0. The Morgan fingerprint density at radius 3 is 2.79 bits per heavy atom. The van der Waals surface area contributed by atoms with Crippen molar-refractivity contribution in [1.82, 2.24) is 14.8 Å². The molecule has 19 heavy (non-hydrogen) atoms. The van der Waals surface area contributed by atoms with Crippen LogP contribution < -0.4 is 4.74 Å². The van der Waals surface area contributed by atoms with E-state index in [1.807, 2.05) is 20.0 Å². The zero-order valence-corrected chi connectivity index (χ0v) is 11.0. The topological polar surface area (TPSA) is 57.0 Å². The average Bonchev–Trinajstić information content (AvgIpc) is 3.11. The number of aromatic nitrogens is 3. The van der Waals surface area contributed by atoms with Gasteiger partial charge in [-0.05, 0) is 31.4 Å². The molecule has 0 atom stereocenters. The molecule has 0 unspecified atom stereocenters. The summed E-state index contributed by atoms with van der Waals surface area (Å²) in [5.74, 6) is 0.668. The zero-order chi connectivity index (χ0) is 13.4. The molecule has 0 bridgehead atoms. The SMILES string of the molecule is Cc1cc(OC2CC2)ncc1-c1cc(C=O)nn1C. The van der Waals surface area contributed by atoms with Crippen molar-refractivity contribution in [2.75, 3.05) is 0 Å². The van der Waals surface area contributed by atoms with Gasteiger partial charge in [-0.2, -0.15) is 5.10 Å². The van der Waals surface area contributed by atoms with Crippen molar-refractivity contribution >= 4 is 6.29 Å². The van der Waals surface area contributed by atoms with Crippen molar-refractivity contribution in [3.05, 3.63) is 29.6 Å². The van der Waals surface area contributed by atoms with Gasteiger partial charge in [0.25, 0.3) is 0 Å². The molecular weight excluding hydrogens is 242 g/mol. The van der Waals surface area contributed by atoms with Crippen molar-refractivity contribution in [2.24, 2.45) is 7.05 Å². The van der Waals surface area contributed by atoms with Gasteiger partial charge in [0.05, 0.1) is 5.69 Å². The Morgan fingerprint density at radius 1 is 1.42 bits per heavy atom. The third-order valence-corrected chi connectivity index (χ3v) is 3.19. The molecule has 0 N–H and O–H groups in total. The number of ether oxygens (including phenoxy) is 1. The number of nitrogens with zero attached hydrogens (tertiary/aromatic N) is 3. The van der Waals surface area contributed by atoms with Gasteiger partial charge >= 0.3 is 0 Å². The summed E-state index contributed by atoms with van der Waals surface area (Å²) in [6, 6.07) is 3.69. The van der Waals surface area contributed by atoms with E-state index < -0.39 is 0 Å². The molecule has 1 aliphatic carbocycles. The number of hydrogen-bond acceptors (Lipinski definition) is 4. The molecule has 3 rings (SSSR count). The lowest BCUT2D eigenvalue weighted by Crippen LogP contribution is -2.00. The van der Waals surface area contributed by atoms with Gasteiger partial charge in [0.2, 0.25) is 5.88 Å². The van der Waals surface area contributed by atoms with Crippen LogP contribution in [0.15, 0.2) is 18.3 Å². The van der Waals surface area contributed by atoms with E-state index in [1.165, 1.54) is 0 Å². The Bertz CT molecular complexity index is 630. The van der Waals surface area contributed by atoms with Crippen LogP contribution in [0.2, 0.25) is 0 Å². The summed E-state index contributed by atoms with van der Waals surface area (Å²) in [7, 11) is 1.82. The van der Waals surface area contributed by atoms with Crippen molar-refractivity contribution in [3.63, 3.8) is 0 Å². The van der Waals surface area contributed by atoms with Crippen LogP contribution in [0.25, 0.3) is 11.3 Å². The molecule has 0 spiro atoms. The largest absolute Gasteiger partial charge is 0.474 e. The predicted molar refractivity (Wildman–Crippen MR) is 70.2 cm³/mol. The maximum atomic E-state index is 10.8. The summed E-state index contributed by atoms with van der Waals surface area (Å²) in [5, 5.41) is 4.12. The number of aldehydes is 1. The molecular formula is C14H15N3O2. The number of aryl methyl sites for hydroxylation is 2. The minimum atomic E-state index is 0.344. The third kappa shape index (κ3) is 2.36. The fraction of sp³-hybridized carbons (Fsp3) is 0.357. The van der Waals surface area contributed by atoms with E-state index in [-0.39, 0.29) is 0 Å². The first kappa shape index (κ1) is 11.9. The fourth-order valence-corrected chi connectivity index (χ4v) is 2.02. The predicted octanol–water partition coefficient (Wildman–Crippen LogP) is 2.14. The molecule has 98 valence electrons. The van der Waals surface area contributed by atoms with Crippen LogP contribution in [0.1, 0.15) is 28.9 Å². The first-order chi connectivity index (χ1) is 9.17. The van der Waals surface area contributed by atoms with E-state index in [0.717, 1.165) is 35.9 Å². The second kappa shape index (κ2) is 4.50. The van der Waals surface area contributed by atoms with E-state index >= 15 is 0 Å². The highest BCUT2D eigenvalue weighted by Gasteiger charge is 2.24. The molecule has 0 radical (unpaired) electrons. The van der Waals surface area contributed by atoms with Crippen molar-refractivity contribution in [3.8, 4) is 17.1 Å². The molecule has 2 heterocycles. The van der Waals surface area contributed by atoms with Crippen molar-refractivity contribution in [1.29, 1.82) is 0 Å². The van der Waals surface area contributed by atoms with Gasteiger partial charge in [0.1, 0.15) is 11.8 Å². The van der Waals surface area contributed by atoms with Crippen LogP contribution in [0.5, 0.6) is 5.88 Å². The fourth-order valence-electron chi connectivity index (χ4n) is 2.02. The Labute approximate surface area is 111 Å². The highest BCUT2D eigenvalue weighted by molar-refractivity contribution is 5.76. The second-order valence-corrected chi connectivity index (χ2v) is 4.85. The van der Waals surface area contributed by atoms with Crippen LogP contribution in [0.3, 0.4) is 0 Å². The molecule has 0 amide bonds. The van der Waals surface area contributed by atoms with Gasteiger partial charge in [-0.15, -0.1) is 0 Å². The first-order valence-electron chi connectivity index (χ1n) is 6.30. The van der Waals surface area contributed by atoms with E-state index in [4.69, 9.17) is 4.74 Å². The van der Waals surface area contributed by atoms with Crippen LogP contribution >= 0.6 is 0 Å². The Kier molecular flexibility index (Phi) is 2.81. The van der Waals surface area contributed by atoms with Crippen LogP contribution in [-0.4, -0.2) is 27.2 Å². The lowest BCUT2D eigenvalue weighted by Gasteiger charge is -2.08. The summed E-state index contributed by atoms with van der Waals surface area (Å²) in [6.07, 6.45) is 5.10. The molecule has 0 saturated heterocycles. The van der Waals surface area contributed by atoms with Crippen LogP contribution in [0.4, 0.5) is 0 Å². The van der Waals surface area contributed by atoms with E-state index in [1.54, 1.807) is 16.9 Å². The number of carbonyl (C=O) groups excluding carboxylic acids is 1. The van der Waals surface area contributed by atoms with E-state index in [9.17, 15) is 4.79 Å². The van der Waals surface area contributed by atoms with E-state index in [0.29, 0.717) is 17.7 Å². The van der Waals surface area contributed by atoms with Gasteiger partial charge < -0.3 is 4.74 Å². The smallest absolute Gasteiger partial charge is 0.213 e. The Hall–Kier alpha value is -2.17. The monoisotopic (exact) mass is 257 g/mol. The van der Waals surface area contributed by atoms with Crippen molar-refractivity contribution in [2.45, 2.75) is 25.9 Å². The zero-order valence-electron chi connectivity index (χ0n) is 11.0. The number of carbonyl (C=O) groups is 1. The third-order valence-electron chi connectivity index (χ3n) is 3.19. The molecule has 1 aliphatic rings. The standard InChI is InChI=1S/C14H15N3O2/c1-9-5-14(19-11-3-4-11)15-7-12(9)13-6-10(8-18)16-17(13)2/h5-8,11H,3-4H2,1-2H3. The van der Waals surface area contributed by atoms with E-state index in [2.05, 4.69) is 10.1 Å². The molecule has 5 heteroatoms. The number of pyridine rings is 1. The van der Waals surface area contributed by atoms with Crippen LogP contribution in [0, 0.1) is 6.92 Å². The second-order valence-electron chi connectivity index (χ2n) is 4.85. The summed E-state index contributed by atoms with van der Waals surface area (Å²) in [6.45, 7) is 2.00. The van der Waals surface area contributed by atoms with Gasteiger partial charge in [-0.1, -0.05) is 0 Å². The molecule has 5 nitrogen and oxygen atoms in total. The highest BCUT2D eigenvalue weighted by Crippen LogP contribution is 2.29. The lowest BCUT2D eigenvalue weighted by molar-refractivity contribution is 0.111. The van der Waals surface area contributed by atoms with Crippen molar-refractivity contribution < 1.29 is 9.53 Å². The van der Waals surface area contributed by atoms with Crippen LogP contribution in [-0.2, 0) is 7.05 Å². The molecule has 2 aromatic heterocycles. The molecule has 1 fully saturated rings. The normalized spacial score (nSPS) is 14.4. The highest BCUT2D eigenvalue weighted by atomic mass is 16.5. The Morgan fingerprint density at radius 2 is 2.21 bits per heavy atom. The molecule has 1 saturated carbocycles. The minimum absolute atomic E-state index is 0.344. The maximum Gasteiger partial charge on any atom is 0.213 e. The van der Waals surface area contributed by atoms with Gasteiger partial charge in [-0.3, -0.25) is 9.48 Å². The number of rotatable bonds is 4. The minimum Gasteiger partial charge on any atom is -0.474 e. The van der Waals surface area contributed by atoms with Gasteiger partial charge in [0, 0.05) is 24.9 Å². The molecule has 0 aromatic carbocycles. The van der Waals surface area contributed by atoms with Gasteiger partial charge in [0.15, 0.2) is 6.29 Å². The first-order valence-corrected chi connectivity index (χ1v) is 6.30. The van der Waals surface area contributed by atoms with Gasteiger partial charge in [-0.25, -0.2) is 4.98 Å². The maximum absolute atomic E-state index is 10.8. The molecule has 0 aliphatic heterocycles.